The van der Waals surface area contributed by atoms with Gasteiger partial charge in [-0.3, -0.25) is 0 Å². The molecular formula is C21H20NPSSe. The molecule has 1 unspecified atom stereocenters. The predicted molar refractivity (Wildman–Crippen MR) is 110 cm³/mol. The average molecular weight is 428 g/mol. The molecule has 0 aliphatic carbocycles. The molecule has 0 radical (unpaired) electrons. The SMILES string of the molecule is CC1=C(C)[C@@H]2[C@H](c3ccc(C#N)cc3)[Se][C@H]1[P+]2([S-])Cc1ccccc1. The summed E-state index contributed by atoms with van der Waals surface area (Å²) in [7, 11) is 0. The van der Waals surface area contributed by atoms with Crippen molar-refractivity contribution < 1.29 is 0 Å². The van der Waals surface area contributed by atoms with Gasteiger partial charge in [0.1, 0.15) is 0 Å². The third kappa shape index (κ3) is 2.81. The predicted octanol–water partition coefficient (Wildman–Crippen LogP) is 5.04. The molecule has 2 aromatic carbocycles. The molecule has 2 heterocycles. The molecule has 25 heavy (non-hydrogen) atoms. The van der Waals surface area contributed by atoms with E-state index in [9.17, 15) is 0 Å². The van der Waals surface area contributed by atoms with Crippen LogP contribution in [0.15, 0.2) is 65.7 Å². The molecular weight excluding hydrogens is 408 g/mol. The van der Waals surface area contributed by atoms with Crippen LogP contribution in [0, 0.1) is 11.3 Å². The fourth-order valence-electron chi connectivity index (χ4n) is 4.16. The van der Waals surface area contributed by atoms with Crippen molar-refractivity contribution in [2.45, 2.75) is 35.0 Å². The van der Waals surface area contributed by atoms with E-state index in [0.29, 0.717) is 30.0 Å². The molecule has 0 N–H and O–H groups in total. The summed E-state index contributed by atoms with van der Waals surface area (Å²) in [5.74, 6) is 0. The van der Waals surface area contributed by atoms with Crippen LogP contribution < -0.4 is 0 Å². The van der Waals surface area contributed by atoms with Gasteiger partial charge in [0, 0.05) is 0 Å². The quantitative estimate of drug-likeness (QED) is 0.296. The van der Waals surface area contributed by atoms with Crippen LogP contribution >= 0.6 is 6.46 Å². The Labute approximate surface area is 162 Å². The van der Waals surface area contributed by atoms with Crippen LogP contribution in [0.2, 0.25) is 0 Å². The summed E-state index contributed by atoms with van der Waals surface area (Å²) in [5.41, 5.74) is 7.24. The molecule has 0 saturated carbocycles. The zero-order valence-electron chi connectivity index (χ0n) is 14.3. The number of hydrogen-bond donors (Lipinski definition) is 0. The first-order chi connectivity index (χ1) is 12.0. The van der Waals surface area contributed by atoms with Gasteiger partial charge in [0.15, 0.2) is 0 Å². The van der Waals surface area contributed by atoms with Gasteiger partial charge in [0.25, 0.3) is 0 Å². The van der Waals surface area contributed by atoms with Gasteiger partial charge >= 0.3 is 162 Å². The molecule has 126 valence electrons. The fraction of sp³-hybridized carbons (Fsp3) is 0.286. The molecule has 1 fully saturated rings. The van der Waals surface area contributed by atoms with Gasteiger partial charge in [0.2, 0.25) is 0 Å². The number of hydrogen-bond acceptors (Lipinski definition) is 2. The van der Waals surface area contributed by atoms with E-state index < -0.39 is 6.46 Å². The van der Waals surface area contributed by atoms with Crippen molar-refractivity contribution in [3.05, 3.63) is 82.4 Å². The Morgan fingerprint density at radius 2 is 1.72 bits per heavy atom. The van der Waals surface area contributed by atoms with E-state index in [1.165, 1.54) is 11.1 Å². The van der Waals surface area contributed by atoms with Gasteiger partial charge in [-0.25, -0.2) is 0 Å². The second-order valence-corrected chi connectivity index (χ2v) is 15.5. The standard InChI is InChI=1S/C21H20NPSSe/c1-14-15(2)21-23(24,13-17-6-4-3-5-7-17)19(14)20(25-21)18-10-8-16(12-22)9-11-18/h3-11,19-21H,13H2,1-2H3/t19-,20+,21-,23?/m1/s1. The Hall–Kier alpha value is -1.03. The fourth-order valence-corrected chi connectivity index (χ4v) is 19.0. The third-order valence-electron chi connectivity index (χ3n) is 5.51. The number of benzene rings is 2. The number of fused-ring (bicyclic) bond motifs is 2. The van der Waals surface area contributed by atoms with E-state index in [2.05, 4.69) is 62.4 Å². The Kier molecular flexibility index (Phi) is 4.59. The van der Waals surface area contributed by atoms with Crippen LogP contribution in [-0.4, -0.2) is 25.2 Å². The number of allylic oxidation sites excluding steroid dienone is 2. The molecule has 0 amide bonds. The molecule has 4 atom stereocenters. The van der Waals surface area contributed by atoms with Crippen molar-refractivity contribution in [1.29, 1.82) is 5.26 Å². The third-order valence-corrected chi connectivity index (χ3v) is 18.3. The van der Waals surface area contributed by atoms with Gasteiger partial charge in [0.05, 0.1) is 0 Å². The van der Waals surface area contributed by atoms with Crippen molar-refractivity contribution in [2.75, 3.05) is 0 Å². The van der Waals surface area contributed by atoms with E-state index in [0.717, 1.165) is 11.7 Å². The first kappa shape index (κ1) is 17.4. The molecule has 0 aromatic heterocycles. The van der Waals surface area contributed by atoms with Crippen LogP contribution in [0.1, 0.15) is 35.4 Å². The van der Waals surface area contributed by atoms with Crippen LogP contribution in [-0.2, 0) is 18.4 Å². The van der Waals surface area contributed by atoms with Crippen molar-refractivity contribution in [3.63, 3.8) is 0 Å². The minimum atomic E-state index is -1.49. The van der Waals surface area contributed by atoms with Crippen LogP contribution in [0.4, 0.5) is 0 Å². The van der Waals surface area contributed by atoms with Crippen molar-refractivity contribution in [2.24, 2.45) is 0 Å². The molecule has 1 saturated heterocycles. The molecule has 2 aromatic rings. The summed E-state index contributed by atoms with van der Waals surface area (Å²) in [6.07, 6.45) is 1.09. The first-order valence-corrected chi connectivity index (χ1v) is 13.6. The van der Waals surface area contributed by atoms with Crippen molar-refractivity contribution in [1.82, 2.24) is 0 Å². The van der Waals surface area contributed by atoms with E-state index in [1.54, 1.807) is 11.1 Å². The number of nitrogens with zero attached hydrogens (tertiary/aromatic N) is 1. The van der Waals surface area contributed by atoms with Gasteiger partial charge in [-0.2, -0.15) is 0 Å². The van der Waals surface area contributed by atoms with Crippen LogP contribution in [0.3, 0.4) is 0 Å². The zero-order chi connectivity index (χ0) is 17.6. The van der Waals surface area contributed by atoms with Gasteiger partial charge in [-0.15, -0.1) is 0 Å². The monoisotopic (exact) mass is 429 g/mol. The van der Waals surface area contributed by atoms with E-state index in [4.69, 9.17) is 17.5 Å². The summed E-state index contributed by atoms with van der Waals surface area (Å²) >= 11 is 6.99. The maximum atomic E-state index is 9.06. The Morgan fingerprint density at radius 3 is 2.36 bits per heavy atom. The maximum absolute atomic E-state index is 9.06. The Balaban J connectivity index is 1.70. The van der Waals surface area contributed by atoms with Crippen LogP contribution in [0.5, 0.6) is 0 Å². The molecule has 2 aliphatic rings. The summed E-state index contributed by atoms with van der Waals surface area (Å²) in [6, 6.07) is 21.3. The molecule has 2 bridgehead atoms. The number of rotatable bonds is 3. The zero-order valence-corrected chi connectivity index (χ0v) is 17.8. The van der Waals surface area contributed by atoms with E-state index in [1.807, 2.05) is 12.1 Å². The Bertz CT molecular complexity index is 871. The van der Waals surface area contributed by atoms with Crippen LogP contribution in [0.25, 0.3) is 0 Å². The summed E-state index contributed by atoms with van der Waals surface area (Å²) in [6.45, 7) is 3.15. The van der Waals surface area contributed by atoms with Crippen molar-refractivity contribution in [3.8, 4) is 6.07 Å². The second kappa shape index (κ2) is 6.60. The van der Waals surface area contributed by atoms with Gasteiger partial charge in [-0.05, 0) is 0 Å². The van der Waals surface area contributed by atoms with E-state index in [-0.39, 0.29) is 0 Å². The number of nitriles is 1. The van der Waals surface area contributed by atoms with Gasteiger partial charge in [-0.1, -0.05) is 0 Å². The minimum absolute atomic E-state index is 0.521. The van der Waals surface area contributed by atoms with Crippen molar-refractivity contribution >= 4 is 33.7 Å². The topological polar surface area (TPSA) is 23.8 Å². The summed E-state index contributed by atoms with van der Waals surface area (Å²) in [5, 5.41) is 9.06. The second-order valence-electron chi connectivity index (χ2n) is 6.95. The summed E-state index contributed by atoms with van der Waals surface area (Å²) < 4.78 is 0.654. The van der Waals surface area contributed by atoms with Gasteiger partial charge < -0.3 is 0 Å². The normalized spacial score (nSPS) is 30.6. The molecule has 0 spiro atoms. The van der Waals surface area contributed by atoms with E-state index >= 15 is 0 Å². The Morgan fingerprint density at radius 1 is 1.04 bits per heavy atom. The first-order valence-electron chi connectivity index (χ1n) is 8.50. The molecule has 4 heteroatoms. The summed E-state index contributed by atoms with van der Waals surface area (Å²) in [4.78, 5) is 0.587. The average Bonchev–Trinajstić information content (AvgIpc) is 3.02. The molecule has 4 rings (SSSR count). The molecule has 1 nitrogen and oxygen atoms in total. The molecule has 2 aliphatic heterocycles.